The molecule has 1 fully saturated rings. The largest absolute Gasteiger partial charge is 0.367 e. The molecule has 0 atom stereocenters. The third-order valence-electron chi connectivity index (χ3n) is 3.94. The summed E-state index contributed by atoms with van der Waals surface area (Å²) in [5, 5.41) is 0. The average Bonchev–Trinajstić information content (AvgIpc) is 2.55. The normalized spacial score (nSPS) is 16.4. The molecule has 1 aliphatic heterocycles. The summed E-state index contributed by atoms with van der Waals surface area (Å²) in [5.41, 5.74) is 0.222. The monoisotopic (exact) mass is 356 g/mol. The molecule has 0 aromatic heterocycles. The highest BCUT2D eigenvalue weighted by Gasteiger charge is 2.31. The van der Waals surface area contributed by atoms with Crippen molar-refractivity contribution in [1.82, 2.24) is 4.31 Å². The highest BCUT2D eigenvalue weighted by Crippen LogP contribution is 2.24. The molecular formula is C16H15F3N2O2S. The molecule has 0 spiro atoms. The van der Waals surface area contributed by atoms with Crippen molar-refractivity contribution in [1.29, 1.82) is 0 Å². The molecule has 0 amide bonds. The van der Waals surface area contributed by atoms with Gasteiger partial charge in [-0.2, -0.15) is 4.31 Å². The molecule has 4 nitrogen and oxygen atoms in total. The zero-order valence-corrected chi connectivity index (χ0v) is 13.4. The Morgan fingerprint density at radius 1 is 0.833 bits per heavy atom. The quantitative estimate of drug-likeness (QED) is 0.849. The number of halogens is 3. The fourth-order valence-corrected chi connectivity index (χ4v) is 4.19. The molecule has 3 rings (SSSR count). The van der Waals surface area contributed by atoms with Gasteiger partial charge in [-0.1, -0.05) is 12.1 Å². The molecule has 0 radical (unpaired) electrons. The average molecular weight is 356 g/mol. The van der Waals surface area contributed by atoms with Gasteiger partial charge in [0.2, 0.25) is 10.0 Å². The summed E-state index contributed by atoms with van der Waals surface area (Å²) in [4.78, 5) is 1.27. The van der Waals surface area contributed by atoms with Gasteiger partial charge in [-0.15, -0.1) is 0 Å². The van der Waals surface area contributed by atoms with E-state index < -0.39 is 27.5 Å². The van der Waals surface area contributed by atoms with Crippen molar-refractivity contribution < 1.29 is 21.6 Å². The Morgan fingerprint density at radius 3 is 2.12 bits per heavy atom. The number of piperazine rings is 1. The van der Waals surface area contributed by atoms with Crippen molar-refractivity contribution in [2.75, 3.05) is 31.1 Å². The SMILES string of the molecule is O=S(=O)(c1ccccc1F)N1CCN(c2ccc(F)cc2F)CC1. The van der Waals surface area contributed by atoms with Crippen molar-refractivity contribution in [3.63, 3.8) is 0 Å². The van der Waals surface area contributed by atoms with E-state index in [-0.39, 0.29) is 36.8 Å². The maximum absolute atomic E-state index is 13.8. The molecule has 0 aliphatic carbocycles. The molecule has 8 heteroatoms. The maximum atomic E-state index is 13.8. The number of rotatable bonds is 3. The van der Waals surface area contributed by atoms with E-state index >= 15 is 0 Å². The number of hydrogen-bond donors (Lipinski definition) is 0. The van der Waals surface area contributed by atoms with Gasteiger partial charge in [0, 0.05) is 32.2 Å². The molecule has 2 aromatic carbocycles. The van der Waals surface area contributed by atoms with Crippen LogP contribution in [0.25, 0.3) is 0 Å². The van der Waals surface area contributed by atoms with E-state index in [0.717, 1.165) is 18.2 Å². The lowest BCUT2D eigenvalue weighted by molar-refractivity contribution is 0.380. The number of nitrogens with zero attached hydrogens (tertiary/aromatic N) is 2. The molecule has 0 N–H and O–H groups in total. The minimum absolute atomic E-state index is 0.0908. The number of sulfonamides is 1. The molecule has 128 valence electrons. The first-order chi connectivity index (χ1) is 11.4. The molecule has 24 heavy (non-hydrogen) atoms. The lowest BCUT2D eigenvalue weighted by Gasteiger charge is -2.35. The first-order valence-corrected chi connectivity index (χ1v) is 8.78. The van der Waals surface area contributed by atoms with Crippen molar-refractivity contribution in [2.24, 2.45) is 0 Å². The Kier molecular flexibility index (Phi) is 4.51. The van der Waals surface area contributed by atoms with E-state index in [1.807, 2.05) is 0 Å². The van der Waals surface area contributed by atoms with E-state index in [1.165, 1.54) is 28.6 Å². The van der Waals surface area contributed by atoms with Crippen LogP contribution in [0.3, 0.4) is 0 Å². The summed E-state index contributed by atoms with van der Waals surface area (Å²) in [6.45, 7) is 0.646. The van der Waals surface area contributed by atoms with Crippen LogP contribution >= 0.6 is 0 Å². The number of hydrogen-bond acceptors (Lipinski definition) is 3. The van der Waals surface area contributed by atoms with E-state index in [2.05, 4.69) is 0 Å². The molecule has 2 aromatic rings. The number of anilines is 1. The highest BCUT2D eigenvalue weighted by atomic mass is 32.2. The summed E-state index contributed by atoms with van der Waals surface area (Å²) in [6, 6.07) is 8.46. The smallest absolute Gasteiger partial charge is 0.246 e. The topological polar surface area (TPSA) is 40.6 Å². The standard InChI is InChI=1S/C16H15F3N2O2S/c17-12-5-6-15(14(19)11-12)20-7-9-21(10-8-20)24(22,23)16-4-2-1-3-13(16)18/h1-6,11H,7-10H2. The van der Waals surface area contributed by atoms with Crippen LogP contribution < -0.4 is 4.90 Å². The van der Waals surface area contributed by atoms with Gasteiger partial charge in [-0.3, -0.25) is 0 Å². The van der Waals surface area contributed by atoms with Gasteiger partial charge in [-0.25, -0.2) is 21.6 Å². The van der Waals surface area contributed by atoms with Gasteiger partial charge < -0.3 is 4.90 Å². The summed E-state index contributed by atoms with van der Waals surface area (Å²) in [5.74, 6) is -2.16. The van der Waals surface area contributed by atoms with Gasteiger partial charge in [0.15, 0.2) is 0 Å². The molecule has 1 heterocycles. The summed E-state index contributed by atoms with van der Waals surface area (Å²) in [6.07, 6.45) is 0. The summed E-state index contributed by atoms with van der Waals surface area (Å²) >= 11 is 0. The first-order valence-electron chi connectivity index (χ1n) is 7.34. The van der Waals surface area contributed by atoms with Gasteiger partial charge in [0.1, 0.15) is 22.3 Å². The fourth-order valence-electron chi connectivity index (χ4n) is 2.70. The first kappa shape index (κ1) is 16.8. The van der Waals surface area contributed by atoms with E-state index in [1.54, 1.807) is 4.90 Å². The molecular weight excluding hydrogens is 341 g/mol. The van der Waals surface area contributed by atoms with Crippen molar-refractivity contribution in [3.05, 3.63) is 59.9 Å². The Balaban J connectivity index is 1.76. The van der Waals surface area contributed by atoms with Crippen LogP contribution in [-0.4, -0.2) is 38.9 Å². The second-order valence-corrected chi connectivity index (χ2v) is 7.32. The molecule has 0 unspecified atom stereocenters. The second kappa shape index (κ2) is 6.45. The van der Waals surface area contributed by atoms with Crippen LogP contribution in [0.4, 0.5) is 18.9 Å². The van der Waals surface area contributed by atoms with Crippen LogP contribution in [0.2, 0.25) is 0 Å². The lowest BCUT2D eigenvalue weighted by atomic mass is 10.2. The third-order valence-corrected chi connectivity index (χ3v) is 5.88. The Labute approximate surface area is 138 Å². The Hall–Kier alpha value is -2.06. The van der Waals surface area contributed by atoms with Crippen LogP contribution in [0, 0.1) is 17.5 Å². The van der Waals surface area contributed by atoms with Crippen LogP contribution in [-0.2, 0) is 10.0 Å². The van der Waals surface area contributed by atoms with Gasteiger partial charge >= 0.3 is 0 Å². The fraction of sp³-hybridized carbons (Fsp3) is 0.250. The minimum atomic E-state index is -3.94. The predicted octanol–water partition coefficient (Wildman–Crippen LogP) is 2.61. The zero-order valence-electron chi connectivity index (χ0n) is 12.6. The van der Waals surface area contributed by atoms with E-state index in [4.69, 9.17) is 0 Å². The Morgan fingerprint density at radius 2 is 1.50 bits per heavy atom. The third kappa shape index (κ3) is 3.11. The lowest BCUT2D eigenvalue weighted by Crippen LogP contribution is -2.49. The molecule has 0 bridgehead atoms. The van der Waals surface area contributed by atoms with Gasteiger partial charge in [0.05, 0.1) is 5.69 Å². The zero-order chi connectivity index (χ0) is 17.3. The Bertz CT molecular complexity index is 850. The second-order valence-electron chi connectivity index (χ2n) is 5.42. The van der Waals surface area contributed by atoms with E-state index in [9.17, 15) is 21.6 Å². The molecule has 1 aliphatic rings. The number of benzene rings is 2. The van der Waals surface area contributed by atoms with Crippen molar-refractivity contribution >= 4 is 15.7 Å². The maximum Gasteiger partial charge on any atom is 0.246 e. The predicted molar refractivity (Wildman–Crippen MR) is 83.7 cm³/mol. The van der Waals surface area contributed by atoms with Crippen LogP contribution in [0.5, 0.6) is 0 Å². The van der Waals surface area contributed by atoms with E-state index in [0.29, 0.717) is 0 Å². The minimum Gasteiger partial charge on any atom is -0.367 e. The van der Waals surface area contributed by atoms with Gasteiger partial charge in [-0.05, 0) is 24.3 Å². The molecule has 0 saturated carbocycles. The summed E-state index contributed by atoms with van der Waals surface area (Å²) in [7, 11) is -3.94. The highest BCUT2D eigenvalue weighted by molar-refractivity contribution is 7.89. The van der Waals surface area contributed by atoms with Crippen LogP contribution in [0.15, 0.2) is 47.4 Å². The van der Waals surface area contributed by atoms with Crippen molar-refractivity contribution in [3.8, 4) is 0 Å². The van der Waals surface area contributed by atoms with Gasteiger partial charge in [0.25, 0.3) is 0 Å². The molecule has 1 saturated heterocycles. The van der Waals surface area contributed by atoms with Crippen molar-refractivity contribution in [2.45, 2.75) is 4.90 Å². The summed E-state index contributed by atoms with van der Waals surface area (Å²) < 4.78 is 66.8. The van der Waals surface area contributed by atoms with Crippen LogP contribution in [0.1, 0.15) is 0 Å².